The molecule has 0 aromatic heterocycles. The van der Waals surface area contributed by atoms with Crippen LogP contribution >= 0.6 is 0 Å². The molecule has 7 amide bonds. The lowest BCUT2D eigenvalue weighted by molar-refractivity contribution is -0.144. The van der Waals surface area contributed by atoms with E-state index in [-0.39, 0.29) is 50.5 Å². The van der Waals surface area contributed by atoms with Gasteiger partial charge in [-0.1, -0.05) is 67.5 Å². The third kappa shape index (κ3) is 38.3. The number of benzene rings is 1. The molecule has 0 spiro atoms. The first-order valence-electron chi connectivity index (χ1n) is 18.6. The highest BCUT2D eigenvalue weighted by Gasteiger charge is 2.27. The van der Waals surface area contributed by atoms with Gasteiger partial charge in [0.1, 0.15) is 18.7 Å². The van der Waals surface area contributed by atoms with Crippen LogP contribution < -0.4 is 43.0 Å². The number of primary amides is 1. The fourth-order valence-corrected chi connectivity index (χ4v) is 3.66. The molecule has 1 aromatic carbocycles. The Morgan fingerprint density at radius 3 is 1.69 bits per heavy atom. The number of amides is 7. The van der Waals surface area contributed by atoms with Gasteiger partial charge in [0.2, 0.25) is 29.5 Å². The number of nitrogens with two attached hydrogens (primary N) is 1. The second-order valence-corrected chi connectivity index (χ2v) is 12.2. The van der Waals surface area contributed by atoms with E-state index in [0.29, 0.717) is 12.2 Å². The SMILES string of the molecule is CC.CC(=O)O.CCC(=O)OCc1ccc(NC(=O)CNC(=O)C(NC(=O)CNC(=O)C(CC(=O)O)NC(=O)CNC(C)C)C(C)C)cc1.CCCNC(N)=O.O=CO. The zero-order chi connectivity index (χ0) is 46.5. The van der Waals surface area contributed by atoms with Gasteiger partial charge in [-0.25, -0.2) is 4.79 Å². The van der Waals surface area contributed by atoms with Crippen molar-refractivity contribution in [3.63, 3.8) is 0 Å². The van der Waals surface area contributed by atoms with Crippen LogP contribution in [0.25, 0.3) is 0 Å². The Bertz CT molecular complexity index is 1440. The number of anilines is 1. The van der Waals surface area contributed by atoms with Crippen molar-refractivity contribution in [2.75, 3.05) is 31.5 Å². The van der Waals surface area contributed by atoms with E-state index in [4.69, 9.17) is 35.4 Å². The number of aliphatic carboxylic acids is 2. The molecule has 1 aromatic rings. The van der Waals surface area contributed by atoms with Crippen LogP contribution in [0.2, 0.25) is 0 Å². The molecule has 0 radical (unpaired) electrons. The quantitative estimate of drug-likeness (QED) is 0.0621. The molecule has 0 aliphatic carbocycles. The Morgan fingerprint density at radius 1 is 0.780 bits per heavy atom. The molecule has 22 heteroatoms. The molecule has 1 rings (SSSR count). The molecule has 0 saturated heterocycles. The molecule has 0 fully saturated rings. The number of carbonyl (C=O) groups is 10. The van der Waals surface area contributed by atoms with Gasteiger partial charge >= 0.3 is 18.0 Å². The normalized spacial score (nSPS) is 10.5. The highest BCUT2D eigenvalue weighted by atomic mass is 16.5. The Balaban J connectivity index is -0.000000800. The van der Waals surface area contributed by atoms with Crippen molar-refractivity contribution in [1.29, 1.82) is 0 Å². The summed E-state index contributed by atoms with van der Waals surface area (Å²) in [7, 11) is 0. The lowest BCUT2D eigenvalue weighted by Crippen LogP contribution is -2.55. The minimum Gasteiger partial charge on any atom is -0.483 e. The number of urea groups is 1. The van der Waals surface area contributed by atoms with E-state index in [2.05, 4.69) is 37.2 Å². The second-order valence-electron chi connectivity index (χ2n) is 12.2. The van der Waals surface area contributed by atoms with Crippen LogP contribution in [0, 0.1) is 5.92 Å². The first kappa shape index (κ1) is 59.4. The van der Waals surface area contributed by atoms with E-state index in [1.54, 1.807) is 45.0 Å². The zero-order valence-electron chi connectivity index (χ0n) is 35.3. The van der Waals surface area contributed by atoms with E-state index in [1.807, 2.05) is 34.6 Å². The molecule has 0 saturated carbocycles. The molecule has 336 valence electrons. The number of carboxylic acid groups (broad SMARTS) is 3. The van der Waals surface area contributed by atoms with E-state index < -0.39 is 72.6 Å². The maximum atomic E-state index is 12.7. The molecule has 0 aliphatic rings. The van der Waals surface area contributed by atoms with Crippen LogP contribution in [0.5, 0.6) is 0 Å². The summed E-state index contributed by atoms with van der Waals surface area (Å²) in [5.74, 6) is -6.23. The molecular formula is C37H64N8O14. The van der Waals surface area contributed by atoms with Crippen LogP contribution in [0.3, 0.4) is 0 Å². The average Bonchev–Trinajstić information content (AvgIpc) is 3.16. The first-order chi connectivity index (χ1) is 27.6. The van der Waals surface area contributed by atoms with Gasteiger partial charge in [0.25, 0.3) is 12.4 Å². The molecule has 22 nitrogen and oxygen atoms in total. The molecular weight excluding hydrogens is 780 g/mol. The largest absolute Gasteiger partial charge is 0.483 e. The van der Waals surface area contributed by atoms with Gasteiger partial charge in [0, 0.05) is 31.6 Å². The first-order valence-corrected chi connectivity index (χ1v) is 18.6. The van der Waals surface area contributed by atoms with Crippen LogP contribution in [0.1, 0.15) is 87.1 Å². The smallest absolute Gasteiger partial charge is 0.312 e. The van der Waals surface area contributed by atoms with Crippen LogP contribution in [0.15, 0.2) is 24.3 Å². The van der Waals surface area contributed by atoms with Crippen LogP contribution in [0.4, 0.5) is 10.5 Å². The number of carboxylic acids is 2. The molecule has 12 N–H and O–H groups in total. The fourth-order valence-electron chi connectivity index (χ4n) is 3.66. The van der Waals surface area contributed by atoms with Crippen molar-refractivity contribution in [3.05, 3.63) is 29.8 Å². The van der Waals surface area contributed by atoms with E-state index in [0.717, 1.165) is 18.9 Å². The summed E-state index contributed by atoms with van der Waals surface area (Å²) in [6.07, 6.45) is 0.506. The van der Waals surface area contributed by atoms with Gasteiger partial charge in [0.05, 0.1) is 26.1 Å². The molecule has 2 atom stereocenters. The third-order valence-corrected chi connectivity index (χ3v) is 6.29. The summed E-state index contributed by atoms with van der Waals surface area (Å²) >= 11 is 0. The van der Waals surface area contributed by atoms with Crippen molar-refractivity contribution in [3.8, 4) is 0 Å². The maximum absolute atomic E-state index is 12.7. The van der Waals surface area contributed by atoms with Crippen molar-refractivity contribution >= 4 is 65.6 Å². The topological polar surface area (TPSA) is 351 Å². The molecule has 59 heavy (non-hydrogen) atoms. The van der Waals surface area contributed by atoms with Gasteiger partial charge in [-0.3, -0.25) is 43.2 Å². The van der Waals surface area contributed by atoms with Gasteiger partial charge in [0.15, 0.2) is 0 Å². The predicted octanol–water partition coefficient (Wildman–Crippen LogP) is 0.292. The molecule has 0 aliphatic heterocycles. The van der Waals surface area contributed by atoms with Crippen molar-refractivity contribution in [2.45, 2.75) is 106 Å². The number of rotatable bonds is 20. The van der Waals surface area contributed by atoms with E-state index >= 15 is 0 Å². The Kier molecular flexibility index (Phi) is 37.5. The van der Waals surface area contributed by atoms with Crippen molar-refractivity contribution < 1.29 is 68.0 Å². The Morgan fingerprint density at radius 2 is 1.27 bits per heavy atom. The number of hydrogen-bond donors (Lipinski definition) is 11. The van der Waals surface area contributed by atoms with Crippen LogP contribution in [-0.4, -0.2) is 120 Å². The highest BCUT2D eigenvalue weighted by molar-refractivity contribution is 5.97. The van der Waals surface area contributed by atoms with E-state index in [9.17, 15) is 38.4 Å². The van der Waals surface area contributed by atoms with Crippen molar-refractivity contribution in [1.82, 2.24) is 31.9 Å². The lowest BCUT2D eigenvalue weighted by Gasteiger charge is -2.22. The predicted molar refractivity (Wildman–Crippen MR) is 216 cm³/mol. The fraction of sp³-hybridized carbons (Fsp3) is 0.568. The van der Waals surface area contributed by atoms with E-state index in [1.165, 1.54) is 0 Å². The van der Waals surface area contributed by atoms with Crippen LogP contribution in [-0.2, 0) is 54.5 Å². The minimum absolute atomic E-state index is 0.00945. The van der Waals surface area contributed by atoms with Gasteiger partial charge < -0.3 is 63.0 Å². The Hall–Kier alpha value is -6.32. The maximum Gasteiger partial charge on any atom is 0.312 e. The summed E-state index contributed by atoms with van der Waals surface area (Å²) in [5, 5.41) is 40.8. The third-order valence-electron chi connectivity index (χ3n) is 6.29. The summed E-state index contributed by atoms with van der Waals surface area (Å²) < 4.78 is 5.05. The standard InChI is InChI=1S/C28H42N6O9.C4H10N2O.C2H4O2.C2H6.CH2O2/c1-6-25(40)43-15-18-7-9-19(10-8-18)32-21(35)13-31-28(42)26(16(2)3)34-23(37)14-30-27(41)20(11-24(38)39)33-22(36)12-29-17(4)5;1-2-3-6-4(5)7;1-2(3)4;1-2;2-1-3/h7-10,16-17,20,26,29H,6,11-15H2,1-5H3,(H,30,41)(H,31,42)(H,32,35)(H,33,36)(H,34,37)(H,38,39);2-3H2,1H3,(H3,5,6,7);1H3,(H,3,4);1-2H3;1H,(H,2,3). The lowest BCUT2D eigenvalue weighted by atomic mass is 10.0. The van der Waals surface area contributed by atoms with Gasteiger partial charge in [-0.2, -0.15) is 0 Å². The second kappa shape index (κ2) is 37.3. The molecule has 0 bridgehead atoms. The molecule has 0 heterocycles. The average molecular weight is 845 g/mol. The highest BCUT2D eigenvalue weighted by Crippen LogP contribution is 2.11. The molecule has 2 unspecified atom stereocenters. The number of esters is 1. The minimum atomic E-state index is -1.41. The summed E-state index contributed by atoms with van der Waals surface area (Å²) in [5.41, 5.74) is 5.93. The monoisotopic (exact) mass is 844 g/mol. The Labute approximate surface area is 344 Å². The van der Waals surface area contributed by atoms with Crippen molar-refractivity contribution in [2.24, 2.45) is 11.7 Å². The number of nitrogens with one attached hydrogen (secondary N) is 7. The number of hydrogen-bond acceptors (Lipinski definition) is 12. The summed E-state index contributed by atoms with van der Waals surface area (Å²) in [6.45, 7) is 15.1. The van der Waals surface area contributed by atoms with Gasteiger partial charge in [-0.05, 0) is 30.0 Å². The number of ether oxygens (including phenoxy) is 1. The zero-order valence-corrected chi connectivity index (χ0v) is 35.3. The number of carbonyl (C=O) groups excluding carboxylic acids is 7. The summed E-state index contributed by atoms with van der Waals surface area (Å²) in [4.78, 5) is 112. The summed E-state index contributed by atoms with van der Waals surface area (Å²) in [6, 6.07) is 3.70. The van der Waals surface area contributed by atoms with Gasteiger partial charge in [-0.15, -0.1) is 0 Å².